The Morgan fingerprint density at radius 2 is 2.24 bits per heavy atom. The number of aliphatic hydroxyl groups excluding tert-OH is 1. The van der Waals surface area contributed by atoms with E-state index in [2.05, 4.69) is 0 Å². The maximum atomic E-state index is 12.1. The lowest BCUT2D eigenvalue weighted by Gasteiger charge is -2.27. The number of hydrogen-bond donors (Lipinski definition) is 2. The summed E-state index contributed by atoms with van der Waals surface area (Å²) in [5, 5.41) is 9.68. The van der Waals surface area contributed by atoms with Crippen LogP contribution in [0, 0.1) is 0 Å². The standard InChI is InChI=1S/C12H25N3O2/c1-4-9(13)5-12(17)15-8-11(16)6-10(15)7-14(2)3/h9-11,16H,4-8,13H2,1-3H3. The van der Waals surface area contributed by atoms with Gasteiger partial charge in [-0.2, -0.15) is 0 Å². The summed E-state index contributed by atoms with van der Waals surface area (Å²) in [5.41, 5.74) is 5.80. The average molecular weight is 243 g/mol. The first kappa shape index (κ1) is 14.4. The smallest absolute Gasteiger partial charge is 0.224 e. The number of likely N-dealkylation sites (tertiary alicyclic amines) is 1. The van der Waals surface area contributed by atoms with E-state index in [1.807, 2.05) is 25.9 Å². The van der Waals surface area contributed by atoms with Gasteiger partial charge in [0.2, 0.25) is 5.91 Å². The molecule has 1 heterocycles. The fourth-order valence-electron chi connectivity index (χ4n) is 2.28. The molecule has 0 spiro atoms. The molecule has 1 fully saturated rings. The monoisotopic (exact) mass is 243 g/mol. The summed E-state index contributed by atoms with van der Waals surface area (Å²) < 4.78 is 0. The Bertz CT molecular complexity index is 258. The Morgan fingerprint density at radius 3 is 2.76 bits per heavy atom. The van der Waals surface area contributed by atoms with E-state index in [9.17, 15) is 9.90 Å². The molecule has 1 aliphatic rings. The number of nitrogens with zero attached hydrogens (tertiary/aromatic N) is 2. The maximum Gasteiger partial charge on any atom is 0.224 e. The summed E-state index contributed by atoms with van der Waals surface area (Å²) in [7, 11) is 3.95. The van der Waals surface area contributed by atoms with Crippen LogP contribution < -0.4 is 5.73 Å². The number of nitrogens with two attached hydrogens (primary N) is 1. The van der Waals surface area contributed by atoms with E-state index in [-0.39, 0.29) is 24.1 Å². The lowest BCUT2D eigenvalue weighted by atomic mass is 10.1. The summed E-state index contributed by atoms with van der Waals surface area (Å²) in [6.45, 7) is 3.23. The van der Waals surface area contributed by atoms with Gasteiger partial charge < -0.3 is 20.6 Å². The highest BCUT2D eigenvalue weighted by molar-refractivity contribution is 5.77. The van der Waals surface area contributed by atoms with Gasteiger partial charge in [-0.3, -0.25) is 4.79 Å². The van der Waals surface area contributed by atoms with Crippen molar-refractivity contribution in [2.24, 2.45) is 5.73 Å². The number of likely N-dealkylation sites (N-methyl/N-ethyl adjacent to an activating group) is 1. The topological polar surface area (TPSA) is 69.8 Å². The van der Waals surface area contributed by atoms with Gasteiger partial charge in [-0.15, -0.1) is 0 Å². The van der Waals surface area contributed by atoms with E-state index < -0.39 is 0 Å². The molecule has 0 aromatic carbocycles. The molecule has 3 N–H and O–H groups in total. The highest BCUT2D eigenvalue weighted by Gasteiger charge is 2.34. The molecule has 0 aromatic heterocycles. The van der Waals surface area contributed by atoms with E-state index >= 15 is 0 Å². The van der Waals surface area contributed by atoms with Crippen molar-refractivity contribution in [2.75, 3.05) is 27.2 Å². The van der Waals surface area contributed by atoms with E-state index in [1.54, 1.807) is 4.90 Å². The minimum absolute atomic E-state index is 0.0692. The molecule has 0 saturated carbocycles. The molecule has 0 aliphatic carbocycles. The van der Waals surface area contributed by atoms with Gasteiger partial charge in [0.25, 0.3) is 0 Å². The Balaban J connectivity index is 2.57. The van der Waals surface area contributed by atoms with Crippen molar-refractivity contribution in [1.29, 1.82) is 0 Å². The van der Waals surface area contributed by atoms with Crippen LogP contribution in [0.4, 0.5) is 0 Å². The lowest BCUT2D eigenvalue weighted by Crippen LogP contribution is -2.43. The van der Waals surface area contributed by atoms with E-state index in [0.717, 1.165) is 13.0 Å². The van der Waals surface area contributed by atoms with E-state index in [1.165, 1.54) is 0 Å². The number of carbonyl (C=O) groups is 1. The summed E-state index contributed by atoms with van der Waals surface area (Å²) in [6.07, 6.45) is 1.47. The number of amides is 1. The van der Waals surface area contributed by atoms with Gasteiger partial charge >= 0.3 is 0 Å². The lowest BCUT2D eigenvalue weighted by molar-refractivity contribution is -0.132. The minimum Gasteiger partial charge on any atom is -0.391 e. The normalized spacial score (nSPS) is 26.6. The van der Waals surface area contributed by atoms with Crippen LogP contribution in [0.3, 0.4) is 0 Å². The van der Waals surface area contributed by atoms with Crippen molar-refractivity contribution in [3.63, 3.8) is 0 Å². The van der Waals surface area contributed by atoms with Crippen molar-refractivity contribution in [2.45, 2.75) is 44.4 Å². The highest BCUT2D eigenvalue weighted by Crippen LogP contribution is 2.20. The van der Waals surface area contributed by atoms with Gasteiger partial charge in [0.15, 0.2) is 0 Å². The molecule has 3 atom stereocenters. The third-order valence-electron chi connectivity index (χ3n) is 3.25. The Labute approximate surface area is 104 Å². The largest absolute Gasteiger partial charge is 0.391 e. The van der Waals surface area contributed by atoms with Crippen LogP contribution in [0.5, 0.6) is 0 Å². The van der Waals surface area contributed by atoms with Crippen LogP contribution in [0.25, 0.3) is 0 Å². The molecular weight excluding hydrogens is 218 g/mol. The minimum atomic E-state index is -0.387. The second-order valence-corrected chi connectivity index (χ2v) is 5.22. The fourth-order valence-corrected chi connectivity index (χ4v) is 2.28. The van der Waals surface area contributed by atoms with Crippen LogP contribution in [-0.4, -0.2) is 66.2 Å². The second-order valence-electron chi connectivity index (χ2n) is 5.22. The molecule has 0 bridgehead atoms. The predicted octanol–water partition coefficient (Wildman–Crippen LogP) is -0.363. The zero-order chi connectivity index (χ0) is 13.0. The SMILES string of the molecule is CCC(N)CC(=O)N1CC(O)CC1CN(C)C. The number of rotatable bonds is 5. The first-order valence-corrected chi connectivity index (χ1v) is 6.31. The average Bonchev–Trinajstić information content (AvgIpc) is 2.58. The fraction of sp³-hybridized carbons (Fsp3) is 0.917. The van der Waals surface area contributed by atoms with Gasteiger partial charge in [0, 0.05) is 31.6 Å². The first-order valence-electron chi connectivity index (χ1n) is 6.31. The molecule has 1 saturated heterocycles. The molecule has 5 heteroatoms. The Kier molecular flexibility index (Phi) is 5.36. The van der Waals surface area contributed by atoms with Gasteiger partial charge in [-0.05, 0) is 26.9 Å². The maximum absolute atomic E-state index is 12.1. The van der Waals surface area contributed by atoms with Crippen LogP contribution in [0.15, 0.2) is 0 Å². The van der Waals surface area contributed by atoms with Crippen LogP contribution in [-0.2, 0) is 4.79 Å². The van der Waals surface area contributed by atoms with E-state index in [4.69, 9.17) is 5.73 Å². The summed E-state index contributed by atoms with van der Waals surface area (Å²) >= 11 is 0. The number of aliphatic hydroxyl groups is 1. The predicted molar refractivity (Wildman–Crippen MR) is 67.6 cm³/mol. The zero-order valence-electron chi connectivity index (χ0n) is 11.1. The molecule has 100 valence electrons. The van der Waals surface area contributed by atoms with Gasteiger partial charge in [-0.1, -0.05) is 6.92 Å². The molecule has 3 unspecified atom stereocenters. The Hall–Kier alpha value is -0.650. The van der Waals surface area contributed by atoms with Crippen molar-refractivity contribution in [3.8, 4) is 0 Å². The van der Waals surface area contributed by atoms with Crippen LogP contribution in [0.2, 0.25) is 0 Å². The van der Waals surface area contributed by atoms with Gasteiger partial charge in [0.1, 0.15) is 0 Å². The van der Waals surface area contributed by atoms with Crippen molar-refractivity contribution in [1.82, 2.24) is 9.80 Å². The highest BCUT2D eigenvalue weighted by atomic mass is 16.3. The summed E-state index contributed by atoms with van der Waals surface area (Å²) in [4.78, 5) is 15.9. The van der Waals surface area contributed by atoms with Crippen LogP contribution in [0.1, 0.15) is 26.2 Å². The molecular formula is C12H25N3O2. The third kappa shape index (κ3) is 4.26. The van der Waals surface area contributed by atoms with Crippen LogP contribution >= 0.6 is 0 Å². The first-order chi connectivity index (χ1) is 7.93. The molecule has 1 aliphatic heterocycles. The molecule has 17 heavy (non-hydrogen) atoms. The summed E-state index contributed by atoms with van der Waals surface area (Å²) in [5.74, 6) is 0.0720. The molecule has 0 aromatic rings. The molecule has 5 nitrogen and oxygen atoms in total. The number of β-amino-alcohol motifs (C(OH)–C–C–N with tert-alkyl or cyclic N) is 1. The van der Waals surface area contributed by atoms with Gasteiger partial charge in [0.05, 0.1) is 6.10 Å². The Morgan fingerprint density at radius 1 is 1.59 bits per heavy atom. The second kappa shape index (κ2) is 6.33. The third-order valence-corrected chi connectivity index (χ3v) is 3.25. The molecule has 0 radical (unpaired) electrons. The number of hydrogen-bond acceptors (Lipinski definition) is 4. The number of carbonyl (C=O) groups excluding carboxylic acids is 1. The zero-order valence-corrected chi connectivity index (χ0v) is 11.1. The van der Waals surface area contributed by atoms with Crippen molar-refractivity contribution < 1.29 is 9.90 Å². The van der Waals surface area contributed by atoms with Crippen molar-refractivity contribution >= 4 is 5.91 Å². The van der Waals surface area contributed by atoms with Crippen molar-refractivity contribution in [3.05, 3.63) is 0 Å². The van der Waals surface area contributed by atoms with Gasteiger partial charge in [-0.25, -0.2) is 0 Å². The molecule has 1 rings (SSSR count). The summed E-state index contributed by atoms with van der Waals surface area (Å²) in [6, 6.07) is 0.0526. The van der Waals surface area contributed by atoms with E-state index in [0.29, 0.717) is 19.4 Å². The molecule has 1 amide bonds. The quantitative estimate of drug-likeness (QED) is 0.692.